The van der Waals surface area contributed by atoms with Crippen molar-refractivity contribution in [3.63, 3.8) is 0 Å². The molecule has 1 aliphatic rings. The molecule has 0 radical (unpaired) electrons. The lowest BCUT2D eigenvalue weighted by Crippen LogP contribution is -2.25. The zero-order valence-electron chi connectivity index (χ0n) is 13.8. The Morgan fingerprint density at radius 2 is 2.08 bits per heavy atom. The molecule has 1 aliphatic heterocycles. The van der Waals surface area contributed by atoms with Crippen LogP contribution < -0.4 is 9.62 Å². The molecule has 0 bridgehead atoms. The number of fused-ring (bicyclic) bond motifs is 1. The molecule has 8 nitrogen and oxygen atoms in total. The number of anilines is 2. The largest absolute Gasteiger partial charge is 0.365 e. The third-order valence-electron chi connectivity index (χ3n) is 4.19. The zero-order chi connectivity index (χ0) is 17.4. The van der Waals surface area contributed by atoms with Crippen LogP contribution >= 0.6 is 0 Å². The molecule has 0 spiro atoms. The molecule has 0 unspecified atom stereocenters. The normalized spacial score (nSPS) is 16.4. The predicted octanol–water partition coefficient (Wildman–Crippen LogP) is 1.58. The minimum Gasteiger partial charge on any atom is -0.365 e. The highest BCUT2D eigenvalue weighted by Gasteiger charge is 2.28. The number of hydrogen-bond donors (Lipinski definition) is 1. The molecule has 130 valence electrons. The summed E-state index contributed by atoms with van der Waals surface area (Å²) in [6.45, 7) is 2.93. The molecule has 3 aromatic rings. The van der Waals surface area contributed by atoms with Crippen molar-refractivity contribution in [2.24, 2.45) is 0 Å². The van der Waals surface area contributed by atoms with Gasteiger partial charge in [-0.2, -0.15) is 4.52 Å². The zero-order valence-corrected chi connectivity index (χ0v) is 14.6. The van der Waals surface area contributed by atoms with Crippen molar-refractivity contribution in [1.82, 2.24) is 19.8 Å². The van der Waals surface area contributed by atoms with Crippen molar-refractivity contribution < 1.29 is 8.42 Å². The van der Waals surface area contributed by atoms with E-state index in [9.17, 15) is 8.42 Å². The van der Waals surface area contributed by atoms with Gasteiger partial charge in [0, 0.05) is 13.1 Å². The highest BCUT2D eigenvalue weighted by molar-refractivity contribution is 7.93. The average molecular weight is 358 g/mol. The first-order valence-corrected chi connectivity index (χ1v) is 9.66. The topological polar surface area (TPSA) is 92.5 Å². The fourth-order valence-corrected chi connectivity index (χ4v) is 4.49. The van der Waals surface area contributed by atoms with Crippen molar-refractivity contribution >= 4 is 27.2 Å². The average Bonchev–Trinajstić information content (AvgIpc) is 3.15. The van der Waals surface area contributed by atoms with Crippen LogP contribution in [0.1, 0.15) is 17.8 Å². The standard InChI is InChI=1S/C16H18N6O2S/c1-12-18-19-16-7-6-15(20-22(12)16)17-11-13-4-2-5-14(10-13)21-8-3-9-25(21,23)24/h2,4-7,10H,3,8-9,11H2,1H3,(H,17,20). The van der Waals surface area contributed by atoms with Crippen LogP contribution in [0, 0.1) is 6.92 Å². The van der Waals surface area contributed by atoms with Crippen LogP contribution in [0.3, 0.4) is 0 Å². The molecule has 3 heterocycles. The number of nitrogens with zero attached hydrogens (tertiary/aromatic N) is 5. The van der Waals surface area contributed by atoms with E-state index in [2.05, 4.69) is 20.6 Å². The highest BCUT2D eigenvalue weighted by atomic mass is 32.2. The number of aromatic nitrogens is 4. The fourth-order valence-electron chi connectivity index (χ4n) is 2.93. The second kappa shape index (κ2) is 5.99. The van der Waals surface area contributed by atoms with E-state index in [4.69, 9.17) is 0 Å². The maximum absolute atomic E-state index is 12.1. The second-order valence-corrected chi connectivity index (χ2v) is 8.01. The van der Waals surface area contributed by atoms with Crippen LogP contribution in [0.2, 0.25) is 0 Å². The summed E-state index contributed by atoms with van der Waals surface area (Å²) in [5.74, 6) is 1.65. The molecule has 9 heteroatoms. The first kappa shape index (κ1) is 15.8. The predicted molar refractivity (Wildman–Crippen MR) is 95.0 cm³/mol. The van der Waals surface area contributed by atoms with E-state index in [-0.39, 0.29) is 5.75 Å². The summed E-state index contributed by atoms with van der Waals surface area (Å²) >= 11 is 0. The fraction of sp³-hybridized carbons (Fsp3) is 0.312. The Kier molecular flexibility index (Phi) is 3.79. The quantitative estimate of drug-likeness (QED) is 0.761. The van der Waals surface area contributed by atoms with Gasteiger partial charge < -0.3 is 5.32 Å². The number of sulfonamides is 1. The number of rotatable bonds is 4. The molecular formula is C16H18N6O2S. The van der Waals surface area contributed by atoms with Gasteiger partial charge in [-0.05, 0) is 43.2 Å². The number of benzene rings is 1. The first-order valence-electron chi connectivity index (χ1n) is 8.05. The summed E-state index contributed by atoms with van der Waals surface area (Å²) in [5.41, 5.74) is 2.40. The van der Waals surface area contributed by atoms with Crippen molar-refractivity contribution in [2.45, 2.75) is 19.9 Å². The van der Waals surface area contributed by atoms with Gasteiger partial charge in [0.2, 0.25) is 10.0 Å². The molecule has 1 fully saturated rings. The van der Waals surface area contributed by atoms with Crippen LogP contribution in [0.15, 0.2) is 36.4 Å². The molecule has 4 rings (SSSR count). The van der Waals surface area contributed by atoms with Crippen molar-refractivity contribution in [3.05, 3.63) is 47.8 Å². The van der Waals surface area contributed by atoms with Gasteiger partial charge >= 0.3 is 0 Å². The molecule has 1 N–H and O–H groups in total. The van der Waals surface area contributed by atoms with Crippen molar-refractivity contribution in [1.29, 1.82) is 0 Å². The number of nitrogens with one attached hydrogen (secondary N) is 1. The first-order chi connectivity index (χ1) is 12.0. The summed E-state index contributed by atoms with van der Waals surface area (Å²) in [6.07, 6.45) is 0.674. The van der Waals surface area contributed by atoms with Gasteiger partial charge in [0.05, 0.1) is 11.4 Å². The Morgan fingerprint density at radius 1 is 1.20 bits per heavy atom. The maximum atomic E-state index is 12.1. The van der Waals surface area contributed by atoms with Crippen LogP contribution in [0.25, 0.3) is 5.65 Å². The van der Waals surface area contributed by atoms with Crippen LogP contribution in [0.4, 0.5) is 11.5 Å². The van der Waals surface area contributed by atoms with Gasteiger partial charge in [0.25, 0.3) is 0 Å². The van der Waals surface area contributed by atoms with E-state index >= 15 is 0 Å². The summed E-state index contributed by atoms with van der Waals surface area (Å²) in [6, 6.07) is 11.3. The Labute approximate surface area is 145 Å². The Bertz CT molecular complexity index is 1030. The molecule has 0 saturated carbocycles. The van der Waals surface area contributed by atoms with Gasteiger partial charge in [-0.15, -0.1) is 15.3 Å². The summed E-state index contributed by atoms with van der Waals surface area (Å²) in [5, 5.41) is 15.7. The Balaban J connectivity index is 1.52. The van der Waals surface area contributed by atoms with E-state index in [1.54, 1.807) is 4.52 Å². The molecule has 0 atom stereocenters. The summed E-state index contributed by atoms with van der Waals surface area (Å²) in [4.78, 5) is 0. The summed E-state index contributed by atoms with van der Waals surface area (Å²) in [7, 11) is -3.16. The van der Waals surface area contributed by atoms with Crippen molar-refractivity contribution in [2.75, 3.05) is 21.9 Å². The molecule has 25 heavy (non-hydrogen) atoms. The lowest BCUT2D eigenvalue weighted by Gasteiger charge is -2.17. The van der Waals surface area contributed by atoms with Gasteiger partial charge in [-0.25, -0.2) is 8.42 Å². The van der Waals surface area contributed by atoms with Crippen LogP contribution in [-0.2, 0) is 16.6 Å². The lowest BCUT2D eigenvalue weighted by atomic mass is 10.2. The number of hydrogen-bond acceptors (Lipinski definition) is 6. The molecule has 0 amide bonds. The van der Waals surface area contributed by atoms with E-state index < -0.39 is 10.0 Å². The molecule has 1 aromatic carbocycles. The monoisotopic (exact) mass is 358 g/mol. The van der Waals surface area contributed by atoms with E-state index in [0.29, 0.717) is 31.0 Å². The highest BCUT2D eigenvalue weighted by Crippen LogP contribution is 2.25. The number of aryl methyl sites for hydroxylation is 1. The third kappa shape index (κ3) is 3.02. The summed E-state index contributed by atoms with van der Waals surface area (Å²) < 4.78 is 27.3. The molecule has 1 saturated heterocycles. The van der Waals surface area contributed by atoms with Crippen LogP contribution in [-0.4, -0.2) is 40.5 Å². The lowest BCUT2D eigenvalue weighted by molar-refractivity contribution is 0.599. The SMILES string of the molecule is Cc1nnc2ccc(NCc3cccc(N4CCCS4(=O)=O)c3)nn12. The van der Waals surface area contributed by atoms with Gasteiger partial charge in [0.15, 0.2) is 11.5 Å². The minimum atomic E-state index is -3.16. The molecular weight excluding hydrogens is 340 g/mol. The second-order valence-electron chi connectivity index (χ2n) is 6.00. The van der Waals surface area contributed by atoms with E-state index in [1.807, 2.05) is 43.3 Å². The molecule has 0 aliphatic carbocycles. The van der Waals surface area contributed by atoms with Crippen LogP contribution in [0.5, 0.6) is 0 Å². The van der Waals surface area contributed by atoms with E-state index in [0.717, 1.165) is 17.1 Å². The molecule has 2 aromatic heterocycles. The van der Waals surface area contributed by atoms with Crippen molar-refractivity contribution in [3.8, 4) is 0 Å². The Morgan fingerprint density at radius 3 is 2.88 bits per heavy atom. The van der Waals surface area contributed by atoms with Gasteiger partial charge in [0.1, 0.15) is 5.82 Å². The van der Waals surface area contributed by atoms with Gasteiger partial charge in [-0.3, -0.25) is 4.31 Å². The maximum Gasteiger partial charge on any atom is 0.235 e. The Hall–Kier alpha value is -2.68. The smallest absolute Gasteiger partial charge is 0.235 e. The van der Waals surface area contributed by atoms with E-state index in [1.165, 1.54) is 4.31 Å². The minimum absolute atomic E-state index is 0.220. The van der Waals surface area contributed by atoms with Gasteiger partial charge in [-0.1, -0.05) is 12.1 Å². The third-order valence-corrected chi connectivity index (χ3v) is 6.06.